The summed E-state index contributed by atoms with van der Waals surface area (Å²) in [6, 6.07) is 0.647. The Labute approximate surface area is 148 Å². The fourth-order valence-electron chi connectivity index (χ4n) is 3.04. The van der Waals surface area contributed by atoms with Crippen molar-refractivity contribution in [1.29, 1.82) is 0 Å². The number of nitrogens with one attached hydrogen (secondary N) is 1. The SMILES string of the molecule is CCC(C)N(C)CCNC(=NC)N1CC(C)CC(C)C1.I. The Balaban J connectivity index is 0.00000400. The number of hydrogen-bond donors (Lipinski definition) is 1. The first-order valence-corrected chi connectivity index (χ1v) is 8.13. The van der Waals surface area contributed by atoms with Gasteiger partial charge in [-0.1, -0.05) is 20.8 Å². The Morgan fingerprint density at radius 2 is 1.90 bits per heavy atom. The van der Waals surface area contributed by atoms with E-state index in [0.29, 0.717) is 6.04 Å². The molecule has 0 aliphatic carbocycles. The Bertz CT molecular complexity index is 299. The highest BCUT2D eigenvalue weighted by Crippen LogP contribution is 2.20. The number of likely N-dealkylation sites (tertiary alicyclic amines) is 1. The van der Waals surface area contributed by atoms with Crippen LogP contribution < -0.4 is 5.32 Å². The number of piperidine rings is 1. The lowest BCUT2D eigenvalue weighted by Gasteiger charge is -2.37. The maximum absolute atomic E-state index is 4.46. The third kappa shape index (κ3) is 7.17. The predicted molar refractivity (Wildman–Crippen MR) is 104 cm³/mol. The van der Waals surface area contributed by atoms with E-state index in [1.165, 1.54) is 12.8 Å². The standard InChI is InChI=1S/C16H34N4.HI/c1-7-15(4)19(6)9-8-18-16(17-5)20-11-13(2)10-14(3)12-20;/h13-15H,7-12H2,1-6H3,(H,17,18);1H. The van der Waals surface area contributed by atoms with Gasteiger partial charge in [0.15, 0.2) is 5.96 Å². The van der Waals surface area contributed by atoms with E-state index in [-0.39, 0.29) is 24.0 Å². The van der Waals surface area contributed by atoms with Crippen LogP contribution in [0.1, 0.15) is 40.5 Å². The topological polar surface area (TPSA) is 30.9 Å². The first kappa shape index (κ1) is 21.0. The minimum atomic E-state index is 0. The van der Waals surface area contributed by atoms with Crippen molar-refractivity contribution >= 4 is 29.9 Å². The number of guanidine groups is 1. The van der Waals surface area contributed by atoms with Crippen LogP contribution in [0.4, 0.5) is 0 Å². The van der Waals surface area contributed by atoms with Crippen molar-refractivity contribution < 1.29 is 0 Å². The third-order valence-corrected chi connectivity index (χ3v) is 4.47. The first-order valence-electron chi connectivity index (χ1n) is 8.13. The average Bonchev–Trinajstić information content (AvgIpc) is 2.41. The normalized spacial score (nSPS) is 24.7. The van der Waals surface area contributed by atoms with Gasteiger partial charge in [-0.15, -0.1) is 24.0 Å². The molecule has 0 saturated carbocycles. The van der Waals surface area contributed by atoms with Crippen molar-refractivity contribution in [3.63, 3.8) is 0 Å². The van der Waals surface area contributed by atoms with Gasteiger partial charge >= 0.3 is 0 Å². The van der Waals surface area contributed by atoms with Gasteiger partial charge < -0.3 is 15.1 Å². The average molecular weight is 410 g/mol. The summed E-state index contributed by atoms with van der Waals surface area (Å²) in [6.07, 6.45) is 2.54. The lowest BCUT2D eigenvalue weighted by Crippen LogP contribution is -2.49. The second-order valence-corrected chi connectivity index (χ2v) is 6.56. The van der Waals surface area contributed by atoms with Crippen LogP contribution in [0.15, 0.2) is 4.99 Å². The number of rotatable bonds is 5. The zero-order valence-electron chi connectivity index (χ0n) is 14.7. The maximum atomic E-state index is 4.46. The van der Waals surface area contributed by atoms with E-state index in [1.54, 1.807) is 0 Å². The molecule has 1 saturated heterocycles. The van der Waals surface area contributed by atoms with Crippen molar-refractivity contribution in [3.8, 4) is 0 Å². The van der Waals surface area contributed by atoms with Gasteiger partial charge in [0.25, 0.3) is 0 Å². The van der Waals surface area contributed by atoms with Crippen LogP contribution in [0.5, 0.6) is 0 Å². The molecular weight excluding hydrogens is 375 g/mol. The number of likely N-dealkylation sites (N-methyl/N-ethyl adjacent to an activating group) is 1. The molecule has 0 aromatic rings. The van der Waals surface area contributed by atoms with Crippen LogP contribution in [-0.2, 0) is 0 Å². The van der Waals surface area contributed by atoms with Gasteiger partial charge in [0.1, 0.15) is 0 Å². The third-order valence-electron chi connectivity index (χ3n) is 4.47. The van der Waals surface area contributed by atoms with Crippen LogP contribution in [0.2, 0.25) is 0 Å². The van der Waals surface area contributed by atoms with Crippen molar-refractivity contribution in [2.24, 2.45) is 16.8 Å². The summed E-state index contributed by atoms with van der Waals surface area (Å²) in [5.41, 5.74) is 0. The molecule has 0 radical (unpaired) electrons. The number of aliphatic imine (C=N–C) groups is 1. The minimum Gasteiger partial charge on any atom is -0.355 e. The van der Waals surface area contributed by atoms with Gasteiger partial charge in [-0.05, 0) is 38.6 Å². The molecule has 21 heavy (non-hydrogen) atoms. The van der Waals surface area contributed by atoms with Crippen LogP contribution in [-0.4, -0.2) is 62.1 Å². The van der Waals surface area contributed by atoms with Gasteiger partial charge in [0, 0.05) is 39.3 Å². The van der Waals surface area contributed by atoms with Gasteiger partial charge in [0.2, 0.25) is 0 Å². The lowest BCUT2D eigenvalue weighted by molar-refractivity contribution is 0.206. The van der Waals surface area contributed by atoms with Crippen LogP contribution in [0, 0.1) is 11.8 Å². The summed E-state index contributed by atoms with van der Waals surface area (Å²) < 4.78 is 0. The van der Waals surface area contributed by atoms with Gasteiger partial charge in [-0.25, -0.2) is 0 Å². The minimum absolute atomic E-state index is 0. The predicted octanol–water partition coefficient (Wildman–Crippen LogP) is 2.89. The smallest absolute Gasteiger partial charge is 0.193 e. The molecule has 1 rings (SSSR count). The summed E-state index contributed by atoms with van der Waals surface area (Å²) in [5, 5.41) is 3.52. The van der Waals surface area contributed by atoms with Crippen LogP contribution in [0.25, 0.3) is 0 Å². The molecule has 1 aliphatic rings. The van der Waals surface area contributed by atoms with Crippen molar-refractivity contribution in [2.75, 3.05) is 40.3 Å². The highest BCUT2D eigenvalue weighted by molar-refractivity contribution is 14.0. The second-order valence-electron chi connectivity index (χ2n) is 6.56. The second kappa shape index (κ2) is 10.6. The zero-order chi connectivity index (χ0) is 15.1. The van der Waals surface area contributed by atoms with Crippen LogP contribution >= 0.6 is 24.0 Å². The molecule has 4 nitrogen and oxygen atoms in total. The van der Waals surface area contributed by atoms with Crippen molar-refractivity contribution in [2.45, 2.75) is 46.6 Å². The van der Waals surface area contributed by atoms with Gasteiger partial charge in [-0.2, -0.15) is 0 Å². The Morgan fingerprint density at radius 3 is 2.38 bits per heavy atom. The van der Waals surface area contributed by atoms with E-state index in [9.17, 15) is 0 Å². The molecule has 1 aliphatic heterocycles. The van der Waals surface area contributed by atoms with E-state index in [2.05, 4.69) is 54.9 Å². The summed E-state index contributed by atoms with van der Waals surface area (Å²) >= 11 is 0. The van der Waals surface area contributed by atoms with Crippen molar-refractivity contribution in [3.05, 3.63) is 0 Å². The first-order chi connectivity index (χ1) is 9.47. The Hall–Kier alpha value is -0.0400. The number of nitrogens with zero attached hydrogens (tertiary/aromatic N) is 3. The molecule has 0 amide bonds. The fraction of sp³-hybridized carbons (Fsp3) is 0.938. The van der Waals surface area contributed by atoms with Crippen LogP contribution in [0.3, 0.4) is 0 Å². The maximum Gasteiger partial charge on any atom is 0.193 e. The summed E-state index contributed by atoms with van der Waals surface area (Å²) in [5.74, 6) is 2.60. The quantitative estimate of drug-likeness (QED) is 0.430. The molecule has 126 valence electrons. The zero-order valence-corrected chi connectivity index (χ0v) is 17.1. The van der Waals surface area contributed by atoms with Crippen molar-refractivity contribution in [1.82, 2.24) is 15.1 Å². The van der Waals surface area contributed by atoms with E-state index >= 15 is 0 Å². The molecule has 3 unspecified atom stereocenters. The number of halogens is 1. The van der Waals surface area contributed by atoms with E-state index in [0.717, 1.165) is 44.0 Å². The highest BCUT2D eigenvalue weighted by Gasteiger charge is 2.23. The van der Waals surface area contributed by atoms with E-state index in [4.69, 9.17) is 0 Å². The van der Waals surface area contributed by atoms with E-state index in [1.807, 2.05) is 7.05 Å². The highest BCUT2D eigenvalue weighted by atomic mass is 127. The molecule has 0 aromatic carbocycles. The molecule has 0 spiro atoms. The summed E-state index contributed by atoms with van der Waals surface area (Å²) in [7, 11) is 4.09. The Kier molecular flexibility index (Phi) is 10.6. The molecule has 0 aromatic heterocycles. The largest absolute Gasteiger partial charge is 0.355 e. The fourth-order valence-corrected chi connectivity index (χ4v) is 3.04. The number of hydrogen-bond acceptors (Lipinski definition) is 2. The molecule has 0 bridgehead atoms. The molecule has 1 heterocycles. The molecular formula is C16H35IN4. The monoisotopic (exact) mass is 410 g/mol. The summed E-state index contributed by atoms with van der Waals surface area (Å²) in [4.78, 5) is 9.28. The lowest BCUT2D eigenvalue weighted by atomic mass is 9.92. The van der Waals surface area contributed by atoms with E-state index < -0.39 is 0 Å². The Morgan fingerprint density at radius 1 is 1.33 bits per heavy atom. The molecule has 1 fully saturated rings. The van der Waals surface area contributed by atoms with Gasteiger partial charge in [-0.3, -0.25) is 4.99 Å². The molecule has 3 atom stereocenters. The summed E-state index contributed by atoms with van der Waals surface area (Å²) in [6.45, 7) is 13.5. The molecule has 1 N–H and O–H groups in total. The van der Waals surface area contributed by atoms with Gasteiger partial charge in [0.05, 0.1) is 0 Å². The molecule has 5 heteroatoms.